The molecule has 8 nitrogen and oxygen atoms in total. The maximum atomic E-state index is 13.5. The quantitative estimate of drug-likeness (QED) is 0.183. The van der Waals surface area contributed by atoms with Gasteiger partial charge in [-0.15, -0.1) is 0 Å². The number of carbonyl (C=O) groups excluding carboxylic acids is 2. The zero-order chi connectivity index (χ0) is 27.2. The molecule has 0 radical (unpaired) electrons. The van der Waals surface area contributed by atoms with Gasteiger partial charge in [0.05, 0.1) is 12.0 Å². The molecule has 0 N–H and O–H groups in total. The van der Waals surface area contributed by atoms with Gasteiger partial charge in [-0.2, -0.15) is 4.99 Å². The van der Waals surface area contributed by atoms with E-state index in [2.05, 4.69) is 4.99 Å². The molecule has 0 fully saturated rings. The van der Waals surface area contributed by atoms with Crippen LogP contribution in [0.4, 0.5) is 0 Å². The normalized spacial score (nSPS) is 11.9. The van der Waals surface area contributed by atoms with Crippen LogP contribution >= 0.6 is 0 Å². The van der Waals surface area contributed by atoms with Crippen molar-refractivity contribution < 1.29 is 14.3 Å². The second-order valence-electron chi connectivity index (χ2n) is 8.77. The highest BCUT2D eigenvalue weighted by Crippen LogP contribution is 2.13. The van der Waals surface area contributed by atoms with E-state index in [9.17, 15) is 14.4 Å². The fourth-order valence-corrected chi connectivity index (χ4v) is 4.33. The fraction of sp³-hybridized carbons (Fsp3) is 0.129. The highest BCUT2D eigenvalue weighted by molar-refractivity contribution is 5.96. The summed E-state index contributed by atoms with van der Waals surface area (Å²) >= 11 is 0. The van der Waals surface area contributed by atoms with Crippen molar-refractivity contribution in [3.63, 3.8) is 0 Å². The van der Waals surface area contributed by atoms with E-state index in [0.29, 0.717) is 24.3 Å². The molecule has 1 amide bonds. The maximum absolute atomic E-state index is 13.5. The maximum Gasteiger partial charge on any atom is 0.341 e. The number of aromatic nitrogens is 3. The summed E-state index contributed by atoms with van der Waals surface area (Å²) in [5.74, 6) is -1.24. The summed E-state index contributed by atoms with van der Waals surface area (Å²) in [6.07, 6.45) is 5.18. The van der Waals surface area contributed by atoms with Gasteiger partial charge in [0, 0.05) is 18.8 Å². The zero-order valence-corrected chi connectivity index (χ0v) is 21.4. The Kier molecular flexibility index (Phi) is 7.54. The van der Waals surface area contributed by atoms with Crippen LogP contribution in [-0.4, -0.2) is 32.4 Å². The Bertz CT molecular complexity index is 1820. The van der Waals surface area contributed by atoms with Crippen LogP contribution in [0.25, 0.3) is 22.8 Å². The van der Waals surface area contributed by atoms with Crippen molar-refractivity contribution in [2.24, 2.45) is 4.99 Å². The highest BCUT2D eigenvalue weighted by atomic mass is 16.5. The number of fused-ring (bicyclic) bond motifs is 2. The molecule has 0 saturated carbocycles. The molecule has 3 heterocycles. The van der Waals surface area contributed by atoms with Crippen LogP contribution in [0.3, 0.4) is 0 Å². The SMILES string of the molecule is CCOC(=O)c1cc2c(=O)n3ccccc3nc2n(CCc2ccccc2)c1=NC(=O)/C=C/c1ccccc1. The number of carbonyl (C=O) groups is 2. The van der Waals surface area contributed by atoms with Crippen LogP contribution in [0.2, 0.25) is 0 Å². The third-order valence-electron chi connectivity index (χ3n) is 6.19. The Labute approximate surface area is 224 Å². The average molecular weight is 519 g/mol. The van der Waals surface area contributed by atoms with Gasteiger partial charge in [-0.05, 0) is 48.7 Å². The number of ether oxygens (including phenoxy) is 1. The summed E-state index contributed by atoms with van der Waals surface area (Å²) in [4.78, 5) is 48.7. The number of rotatable bonds is 7. The second-order valence-corrected chi connectivity index (χ2v) is 8.77. The van der Waals surface area contributed by atoms with Crippen molar-refractivity contribution in [2.75, 3.05) is 6.61 Å². The number of amides is 1. The number of aryl methyl sites for hydroxylation is 2. The number of pyridine rings is 2. The average Bonchev–Trinajstić information content (AvgIpc) is 2.97. The first-order valence-corrected chi connectivity index (χ1v) is 12.6. The largest absolute Gasteiger partial charge is 0.462 e. The molecule has 5 rings (SSSR count). The molecule has 0 aliphatic rings. The minimum absolute atomic E-state index is 0.0219. The van der Waals surface area contributed by atoms with E-state index >= 15 is 0 Å². The van der Waals surface area contributed by atoms with Gasteiger partial charge in [-0.1, -0.05) is 66.7 Å². The topological polar surface area (TPSA) is 95.0 Å². The summed E-state index contributed by atoms with van der Waals surface area (Å²) < 4.78 is 8.39. The number of hydrogen-bond acceptors (Lipinski definition) is 5. The number of benzene rings is 2. The second kappa shape index (κ2) is 11.5. The Morgan fingerprint density at radius 2 is 1.69 bits per heavy atom. The minimum atomic E-state index is -0.677. The van der Waals surface area contributed by atoms with E-state index in [1.807, 2.05) is 60.7 Å². The predicted octanol–water partition coefficient (Wildman–Crippen LogP) is 4.21. The molecule has 39 heavy (non-hydrogen) atoms. The van der Waals surface area contributed by atoms with Crippen molar-refractivity contribution >= 4 is 34.6 Å². The van der Waals surface area contributed by atoms with Crippen molar-refractivity contribution in [3.05, 3.63) is 130 Å². The van der Waals surface area contributed by atoms with E-state index < -0.39 is 11.9 Å². The van der Waals surface area contributed by atoms with Gasteiger partial charge in [0.25, 0.3) is 11.5 Å². The Morgan fingerprint density at radius 1 is 0.974 bits per heavy atom. The molecule has 194 valence electrons. The first-order chi connectivity index (χ1) is 19.0. The molecule has 3 aromatic heterocycles. The standard InChI is InChI=1S/C31H26N4O4/c1-2-39-31(38)25-21-24-28(32-26-15-9-10-19-34(26)30(24)37)35(20-18-23-13-7-4-8-14-23)29(25)33-27(36)17-16-22-11-5-3-6-12-22/h3-17,19,21H,2,18,20H2,1H3/b17-16+,33-29?. The van der Waals surface area contributed by atoms with Crippen LogP contribution in [0.15, 0.2) is 107 Å². The summed E-state index contributed by atoms with van der Waals surface area (Å²) in [5, 5.41) is 0.223. The van der Waals surface area contributed by atoms with Gasteiger partial charge in [0.15, 0.2) is 5.49 Å². The van der Waals surface area contributed by atoms with Crippen molar-refractivity contribution in [3.8, 4) is 0 Å². The molecule has 0 atom stereocenters. The Morgan fingerprint density at radius 3 is 2.44 bits per heavy atom. The number of hydrogen-bond donors (Lipinski definition) is 0. The van der Waals surface area contributed by atoms with Gasteiger partial charge < -0.3 is 9.30 Å². The lowest BCUT2D eigenvalue weighted by atomic mass is 10.1. The third kappa shape index (κ3) is 5.60. The van der Waals surface area contributed by atoms with Crippen LogP contribution in [0, 0.1) is 0 Å². The summed E-state index contributed by atoms with van der Waals surface area (Å²) in [7, 11) is 0. The minimum Gasteiger partial charge on any atom is -0.462 e. The van der Waals surface area contributed by atoms with Gasteiger partial charge >= 0.3 is 5.97 Å². The summed E-state index contributed by atoms with van der Waals surface area (Å²) in [5.41, 5.74) is 2.42. The summed E-state index contributed by atoms with van der Waals surface area (Å²) in [6, 6.07) is 25.8. The molecule has 0 bridgehead atoms. The molecule has 0 saturated heterocycles. The molecule has 0 aliphatic carbocycles. The fourth-order valence-electron chi connectivity index (χ4n) is 4.33. The smallest absolute Gasteiger partial charge is 0.341 e. The van der Waals surface area contributed by atoms with Crippen LogP contribution in [0.5, 0.6) is 0 Å². The molecular formula is C31H26N4O4. The zero-order valence-electron chi connectivity index (χ0n) is 21.4. The molecular weight excluding hydrogens is 492 g/mol. The lowest BCUT2D eigenvalue weighted by molar-refractivity contribution is -0.113. The van der Waals surface area contributed by atoms with Crippen molar-refractivity contribution in [1.82, 2.24) is 14.0 Å². The molecule has 0 unspecified atom stereocenters. The van der Waals surface area contributed by atoms with Crippen molar-refractivity contribution in [2.45, 2.75) is 19.9 Å². The van der Waals surface area contributed by atoms with E-state index in [1.165, 1.54) is 16.5 Å². The van der Waals surface area contributed by atoms with Crippen LogP contribution < -0.4 is 11.0 Å². The van der Waals surface area contributed by atoms with Gasteiger partial charge in [-0.25, -0.2) is 9.78 Å². The number of esters is 1. The highest BCUT2D eigenvalue weighted by Gasteiger charge is 2.19. The van der Waals surface area contributed by atoms with E-state index in [0.717, 1.165) is 11.1 Å². The molecule has 0 aliphatic heterocycles. The molecule has 0 spiro atoms. The predicted molar refractivity (Wildman–Crippen MR) is 149 cm³/mol. The molecule has 5 aromatic rings. The van der Waals surface area contributed by atoms with Gasteiger partial charge in [0.1, 0.15) is 16.9 Å². The van der Waals surface area contributed by atoms with Crippen LogP contribution in [0.1, 0.15) is 28.4 Å². The summed E-state index contributed by atoms with van der Waals surface area (Å²) in [6.45, 7) is 2.13. The first kappa shape index (κ1) is 25.5. The van der Waals surface area contributed by atoms with Crippen molar-refractivity contribution in [1.29, 1.82) is 0 Å². The van der Waals surface area contributed by atoms with Gasteiger partial charge in [-0.3, -0.25) is 14.0 Å². The monoisotopic (exact) mass is 518 g/mol. The third-order valence-corrected chi connectivity index (χ3v) is 6.19. The first-order valence-electron chi connectivity index (χ1n) is 12.6. The lowest BCUT2D eigenvalue weighted by Crippen LogP contribution is -2.33. The van der Waals surface area contributed by atoms with E-state index in [4.69, 9.17) is 9.72 Å². The van der Waals surface area contributed by atoms with Gasteiger partial charge in [0.2, 0.25) is 0 Å². The Balaban J connectivity index is 1.76. The van der Waals surface area contributed by atoms with Crippen LogP contribution in [-0.2, 0) is 22.5 Å². The molecule has 2 aromatic carbocycles. The number of nitrogens with zero attached hydrogens (tertiary/aromatic N) is 4. The van der Waals surface area contributed by atoms with E-state index in [-0.39, 0.29) is 28.6 Å². The molecule has 8 heteroatoms. The lowest BCUT2D eigenvalue weighted by Gasteiger charge is -2.15. The van der Waals surface area contributed by atoms with E-state index in [1.54, 1.807) is 42.0 Å². The Hall–Kier alpha value is -5.11.